The van der Waals surface area contributed by atoms with Gasteiger partial charge in [0.2, 0.25) is 0 Å². The largest absolute Gasteiger partial charge is 0.375 e. The second kappa shape index (κ2) is 5.13. The van der Waals surface area contributed by atoms with Gasteiger partial charge in [-0.05, 0) is 30.8 Å². The number of aryl methyl sites for hydroxylation is 1. The fraction of sp³-hybridized carbons (Fsp3) is 0.667. The Morgan fingerprint density at radius 2 is 2.35 bits per heavy atom. The van der Waals surface area contributed by atoms with Gasteiger partial charge in [0.1, 0.15) is 0 Å². The van der Waals surface area contributed by atoms with E-state index in [1.54, 1.807) is 6.92 Å². The van der Waals surface area contributed by atoms with Crippen molar-refractivity contribution in [3.8, 4) is 0 Å². The first-order chi connectivity index (χ1) is 7.99. The Labute approximate surface area is 109 Å². The van der Waals surface area contributed by atoms with Crippen LogP contribution in [-0.4, -0.2) is 31.5 Å². The molecule has 1 aliphatic rings. The first kappa shape index (κ1) is 13.1. The summed E-state index contributed by atoms with van der Waals surface area (Å²) in [6.07, 6.45) is 1.08. The number of nitrogens with zero attached hydrogens (tertiary/aromatic N) is 1. The van der Waals surface area contributed by atoms with Gasteiger partial charge in [-0.2, -0.15) is 11.8 Å². The number of thiazole rings is 1. The molecule has 8 heteroatoms. The quantitative estimate of drug-likeness (QED) is 0.867. The molecule has 2 rings (SSSR count). The van der Waals surface area contributed by atoms with E-state index < -0.39 is 10.0 Å². The zero-order valence-electron chi connectivity index (χ0n) is 9.47. The van der Waals surface area contributed by atoms with Gasteiger partial charge >= 0.3 is 0 Å². The van der Waals surface area contributed by atoms with Gasteiger partial charge in [0, 0.05) is 6.54 Å². The molecule has 1 aromatic heterocycles. The number of nitrogen functional groups attached to an aromatic ring is 1. The molecular weight excluding hydrogens is 278 g/mol. The summed E-state index contributed by atoms with van der Waals surface area (Å²) < 4.78 is 26.9. The summed E-state index contributed by atoms with van der Waals surface area (Å²) in [4.78, 5) is 3.93. The number of sulfonamides is 1. The normalized spacial score (nSPS) is 20.9. The predicted molar refractivity (Wildman–Crippen MR) is 71.9 cm³/mol. The third-order valence-electron chi connectivity index (χ3n) is 2.60. The van der Waals surface area contributed by atoms with Crippen LogP contribution in [0.1, 0.15) is 12.1 Å². The number of hydrogen-bond acceptors (Lipinski definition) is 6. The highest BCUT2D eigenvalue weighted by molar-refractivity contribution is 7.99. The predicted octanol–water partition coefficient (Wildman–Crippen LogP) is 1.07. The second-order valence-corrected chi connectivity index (χ2v) is 8.15. The van der Waals surface area contributed by atoms with Gasteiger partial charge < -0.3 is 5.73 Å². The van der Waals surface area contributed by atoms with Crippen molar-refractivity contribution in [1.82, 2.24) is 9.71 Å². The van der Waals surface area contributed by atoms with Crippen molar-refractivity contribution in [2.75, 3.05) is 23.8 Å². The molecular formula is C9H15N3O2S3. The highest BCUT2D eigenvalue weighted by atomic mass is 32.2. The lowest BCUT2D eigenvalue weighted by atomic mass is 10.1. The molecule has 96 valence electrons. The Hall–Kier alpha value is -0.310. The van der Waals surface area contributed by atoms with Crippen LogP contribution in [0.25, 0.3) is 0 Å². The van der Waals surface area contributed by atoms with Crippen LogP contribution in [0.5, 0.6) is 0 Å². The minimum Gasteiger partial charge on any atom is -0.375 e. The maximum atomic E-state index is 12.0. The summed E-state index contributed by atoms with van der Waals surface area (Å²) in [5, 5.41) is 0.291. The molecule has 5 nitrogen and oxygen atoms in total. The van der Waals surface area contributed by atoms with E-state index in [-0.39, 0.29) is 4.21 Å². The van der Waals surface area contributed by atoms with E-state index in [9.17, 15) is 8.42 Å². The number of aromatic nitrogens is 1. The molecule has 1 saturated heterocycles. The smallest absolute Gasteiger partial charge is 0.252 e. The molecule has 0 saturated carbocycles. The van der Waals surface area contributed by atoms with Crippen molar-refractivity contribution in [3.05, 3.63) is 5.69 Å². The Morgan fingerprint density at radius 1 is 1.59 bits per heavy atom. The lowest BCUT2D eigenvalue weighted by Crippen LogP contribution is -2.29. The van der Waals surface area contributed by atoms with Crippen LogP contribution in [0.2, 0.25) is 0 Å². The molecule has 0 radical (unpaired) electrons. The monoisotopic (exact) mass is 293 g/mol. The summed E-state index contributed by atoms with van der Waals surface area (Å²) in [5.41, 5.74) is 5.98. The van der Waals surface area contributed by atoms with E-state index in [0.29, 0.717) is 23.3 Å². The van der Waals surface area contributed by atoms with Gasteiger partial charge in [0.25, 0.3) is 10.0 Å². The average Bonchev–Trinajstić information content (AvgIpc) is 2.85. The summed E-state index contributed by atoms with van der Waals surface area (Å²) in [6, 6.07) is 0. The molecule has 1 fully saturated rings. The Morgan fingerprint density at radius 3 is 2.88 bits per heavy atom. The lowest BCUT2D eigenvalue weighted by Gasteiger charge is -2.09. The Bertz CT molecular complexity index is 492. The molecule has 3 N–H and O–H groups in total. The maximum absolute atomic E-state index is 12.0. The van der Waals surface area contributed by atoms with E-state index in [2.05, 4.69) is 9.71 Å². The summed E-state index contributed by atoms with van der Waals surface area (Å²) in [7, 11) is -3.44. The molecule has 1 atom stereocenters. The van der Waals surface area contributed by atoms with Crippen LogP contribution in [0.15, 0.2) is 4.21 Å². The van der Waals surface area contributed by atoms with Crippen LogP contribution in [0.3, 0.4) is 0 Å². The Balaban J connectivity index is 2.05. The number of anilines is 1. The molecule has 1 aromatic rings. The van der Waals surface area contributed by atoms with Crippen LogP contribution in [0.4, 0.5) is 5.13 Å². The van der Waals surface area contributed by atoms with E-state index >= 15 is 0 Å². The van der Waals surface area contributed by atoms with Crippen LogP contribution in [-0.2, 0) is 10.0 Å². The first-order valence-electron chi connectivity index (χ1n) is 5.29. The number of thioether (sulfide) groups is 1. The van der Waals surface area contributed by atoms with Crippen LogP contribution >= 0.6 is 23.1 Å². The van der Waals surface area contributed by atoms with E-state index in [1.165, 1.54) is 0 Å². The van der Waals surface area contributed by atoms with Crippen molar-refractivity contribution in [1.29, 1.82) is 0 Å². The minimum atomic E-state index is -3.44. The van der Waals surface area contributed by atoms with Crippen molar-refractivity contribution < 1.29 is 8.42 Å². The molecule has 1 unspecified atom stereocenters. The van der Waals surface area contributed by atoms with Crippen molar-refractivity contribution in [2.24, 2.45) is 5.92 Å². The molecule has 0 bridgehead atoms. The molecule has 0 spiro atoms. The van der Waals surface area contributed by atoms with Crippen molar-refractivity contribution in [3.63, 3.8) is 0 Å². The molecule has 17 heavy (non-hydrogen) atoms. The number of nitrogens with one attached hydrogen (secondary N) is 1. The molecule has 2 heterocycles. The number of rotatable bonds is 4. The number of hydrogen-bond donors (Lipinski definition) is 2. The van der Waals surface area contributed by atoms with Gasteiger partial charge in [0.15, 0.2) is 9.34 Å². The fourth-order valence-corrected chi connectivity index (χ4v) is 5.43. The average molecular weight is 293 g/mol. The van der Waals surface area contributed by atoms with Gasteiger partial charge in [-0.25, -0.2) is 18.1 Å². The van der Waals surface area contributed by atoms with Crippen molar-refractivity contribution >= 4 is 38.3 Å². The van der Waals surface area contributed by atoms with Crippen LogP contribution < -0.4 is 10.5 Å². The van der Waals surface area contributed by atoms with Gasteiger partial charge in [-0.1, -0.05) is 11.3 Å². The van der Waals surface area contributed by atoms with Gasteiger partial charge in [-0.3, -0.25) is 0 Å². The highest BCUT2D eigenvalue weighted by Gasteiger charge is 2.23. The standard InChI is InChI=1S/C9H15N3O2S3/c1-6-8(16-9(10)12-6)17(13,14)11-4-7-2-3-15-5-7/h7,11H,2-5H2,1H3,(H2,10,12). The zero-order valence-corrected chi connectivity index (χ0v) is 11.9. The summed E-state index contributed by atoms with van der Waals surface area (Å²) in [6.45, 7) is 2.17. The van der Waals surface area contributed by atoms with Crippen molar-refractivity contribution in [2.45, 2.75) is 17.6 Å². The molecule has 0 amide bonds. The van der Waals surface area contributed by atoms with Gasteiger partial charge in [-0.15, -0.1) is 0 Å². The van der Waals surface area contributed by atoms with Gasteiger partial charge in [0.05, 0.1) is 5.69 Å². The fourth-order valence-electron chi connectivity index (χ4n) is 1.69. The molecule has 1 aliphatic heterocycles. The lowest BCUT2D eigenvalue weighted by molar-refractivity contribution is 0.546. The SMILES string of the molecule is Cc1nc(N)sc1S(=O)(=O)NCC1CCSC1. The first-order valence-corrected chi connectivity index (χ1v) is 8.75. The van der Waals surface area contributed by atoms with E-state index in [0.717, 1.165) is 29.3 Å². The summed E-state index contributed by atoms with van der Waals surface area (Å²) in [5.74, 6) is 2.60. The maximum Gasteiger partial charge on any atom is 0.252 e. The topological polar surface area (TPSA) is 85.1 Å². The van der Waals surface area contributed by atoms with E-state index in [4.69, 9.17) is 5.73 Å². The van der Waals surface area contributed by atoms with Crippen LogP contribution in [0, 0.1) is 12.8 Å². The third kappa shape index (κ3) is 3.12. The highest BCUT2D eigenvalue weighted by Crippen LogP contribution is 2.26. The summed E-state index contributed by atoms with van der Waals surface area (Å²) >= 11 is 2.89. The third-order valence-corrected chi connectivity index (χ3v) is 6.85. The number of nitrogens with two attached hydrogens (primary N) is 1. The molecule has 0 aliphatic carbocycles. The van der Waals surface area contributed by atoms with E-state index in [1.807, 2.05) is 11.8 Å². The zero-order chi connectivity index (χ0) is 12.5. The minimum absolute atomic E-state index is 0.237. The second-order valence-electron chi connectivity index (χ2n) is 4.01. The molecule has 0 aromatic carbocycles. The Kier molecular flexibility index (Phi) is 3.96.